The Morgan fingerprint density at radius 3 is 2.88 bits per heavy atom. The summed E-state index contributed by atoms with van der Waals surface area (Å²) in [4.78, 5) is 13.7. The number of pyridine rings is 1. The van der Waals surface area contributed by atoms with Crippen LogP contribution in [-0.2, 0) is 17.9 Å². The van der Waals surface area contributed by atoms with E-state index >= 15 is 0 Å². The number of fused-ring (bicyclic) bond motifs is 1. The molecule has 1 aliphatic heterocycles. The largest absolute Gasteiger partial charge is 0.377 e. The van der Waals surface area contributed by atoms with Crippen LogP contribution in [0.1, 0.15) is 11.4 Å². The molecule has 1 fully saturated rings. The molecule has 0 amide bonds. The van der Waals surface area contributed by atoms with Gasteiger partial charge in [-0.25, -0.2) is 4.98 Å². The van der Waals surface area contributed by atoms with Gasteiger partial charge in [0.15, 0.2) is 5.82 Å². The summed E-state index contributed by atoms with van der Waals surface area (Å²) in [6.45, 7) is 5.49. The highest BCUT2D eigenvalue weighted by atomic mass is 32.1. The standard InChI is InChI=1S/C18H21N5OS/c1-24-13-17-20-18(25-21-17)23-9-7-22(8-10-23)12-14-4-5-16-15(11-14)3-2-6-19-16/h2-6,11H,7-10,12-13H2,1H3. The van der Waals surface area contributed by atoms with Crippen molar-refractivity contribution in [1.82, 2.24) is 19.2 Å². The Bertz CT molecular complexity index is 844. The summed E-state index contributed by atoms with van der Waals surface area (Å²) in [6, 6.07) is 10.7. The van der Waals surface area contributed by atoms with Crippen LogP contribution in [0.15, 0.2) is 36.5 Å². The number of aromatic nitrogens is 3. The first-order chi connectivity index (χ1) is 12.3. The molecule has 3 aromatic rings. The molecule has 0 atom stereocenters. The highest BCUT2D eigenvalue weighted by Crippen LogP contribution is 2.21. The lowest BCUT2D eigenvalue weighted by atomic mass is 10.1. The van der Waals surface area contributed by atoms with E-state index in [1.54, 1.807) is 7.11 Å². The topological polar surface area (TPSA) is 54.4 Å². The Morgan fingerprint density at radius 1 is 1.16 bits per heavy atom. The second-order valence-electron chi connectivity index (χ2n) is 6.22. The molecule has 1 aromatic carbocycles. The van der Waals surface area contributed by atoms with Crippen molar-refractivity contribution in [1.29, 1.82) is 0 Å². The quantitative estimate of drug-likeness (QED) is 0.701. The summed E-state index contributed by atoms with van der Waals surface area (Å²) < 4.78 is 9.43. The lowest BCUT2D eigenvalue weighted by molar-refractivity contribution is 0.179. The molecule has 6 nitrogen and oxygen atoms in total. The third-order valence-electron chi connectivity index (χ3n) is 4.45. The number of rotatable bonds is 5. The van der Waals surface area contributed by atoms with Crippen molar-refractivity contribution in [3.8, 4) is 0 Å². The van der Waals surface area contributed by atoms with E-state index in [9.17, 15) is 0 Å². The van der Waals surface area contributed by atoms with Gasteiger partial charge in [-0.1, -0.05) is 12.1 Å². The van der Waals surface area contributed by atoms with E-state index < -0.39 is 0 Å². The summed E-state index contributed by atoms with van der Waals surface area (Å²) in [6.07, 6.45) is 1.84. The molecule has 0 saturated carbocycles. The van der Waals surface area contributed by atoms with Gasteiger partial charge in [0.25, 0.3) is 0 Å². The molecule has 0 aliphatic carbocycles. The average Bonchev–Trinajstić information content (AvgIpc) is 3.11. The minimum absolute atomic E-state index is 0.479. The zero-order valence-corrected chi connectivity index (χ0v) is 15.1. The van der Waals surface area contributed by atoms with E-state index in [-0.39, 0.29) is 0 Å². The van der Waals surface area contributed by atoms with E-state index in [0.717, 1.165) is 49.2 Å². The molecule has 4 rings (SSSR count). The minimum atomic E-state index is 0.479. The molecule has 0 radical (unpaired) electrons. The highest BCUT2D eigenvalue weighted by Gasteiger charge is 2.20. The van der Waals surface area contributed by atoms with E-state index in [1.165, 1.54) is 22.5 Å². The Balaban J connectivity index is 1.36. The molecule has 25 heavy (non-hydrogen) atoms. The molecule has 0 N–H and O–H groups in total. The van der Waals surface area contributed by atoms with E-state index in [4.69, 9.17) is 4.74 Å². The number of methoxy groups -OCH3 is 1. The molecule has 0 unspecified atom stereocenters. The monoisotopic (exact) mass is 355 g/mol. The molecule has 0 spiro atoms. The molecular weight excluding hydrogens is 334 g/mol. The SMILES string of the molecule is COCc1nsc(N2CCN(Cc3ccc4ncccc4c3)CC2)n1. The summed E-state index contributed by atoms with van der Waals surface area (Å²) in [5.74, 6) is 0.773. The number of ether oxygens (including phenoxy) is 1. The minimum Gasteiger partial charge on any atom is -0.377 e. The van der Waals surface area contributed by atoms with Crippen LogP contribution in [-0.4, -0.2) is 52.5 Å². The van der Waals surface area contributed by atoms with Crippen LogP contribution in [0.3, 0.4) is 0 Å². The maximum absolute atomic E-state index is 5.09. The Morgan fingerprint density at radius 2 is 2.04 bits per heavy atom. The van der Waals surface area contributed by atoms with Gasteiger partial charge in [0, 0.05) is 62.9 Å². The van der Waals surface area contributed by atoms with Crippen LogP contribution in [0, 0.1) is 0 Å². The fraction of sp³-hybridized carbons (Fsp3) is 0.389. The maximum atomic E-state index is 5.09. The number of hydrogen-bond donors (Lipinski definition) is 0. The molecule has 2 aromatic heterocycles. The van der Waals surface area contributed by atoms with Crippen molar-refractivity contribution >= 4 is 27.6 Å². The van der Waals surface area contributed by atoms with Gasteiger partial charge < -0.3 is 9.64 Å². The third kappa shape index (κ3) is 3.78. The van der Waals surface area contributed by atoms with Gasteiger partial charge in [-0.05, 0) is 23.8 Å². The van der Waals surface area contributed by atoms with Crippen molar-refractivity contribution in [3.05, 3.63) is 47.9 Å². The summed E-state index contributed by atoms with van der Waals surface area (Å²) >= 11 is 1.46. The van der Waals surface area contributed by atoms with Gasteiger partial charge in [0.1, 0.15) is 6.61 Å². The smallest absolute Gasteiger partial charge is 0.205 e. The third-order valence-corrected chi connectivity index (χ3v) is 5.26. The van der Waals surface area contributed by atoms with Crippen molar-refractivity contribution in [2.24, 2.45) is 0 Å². The highest BCUT2D eigenvalue weighted by molar-refractivity contribution is 7.09. The van der Waals surface area contributed by atoms with E-state index in [2.05, 4.69) is 48.4 Å². The number of piperazine rings is 1. The van der Waals surface area contributed by atoms with Crippen molar-refractivity contribution in [3.63, 3.8) is 0 Å². The number of hydrogen-bond acceptors (Lipinski definition) is 7. The summed E-state index contributed by atoms with van der Waals surface area (Å²) in [7, 11) is 1.67. The van der Waals surface area contributed by atoms with Gasteiger partial charge >= 0.3 is 0 Å². The van der Waals surface area contributed by atoms with E-state index in [0.29, 0.717) is 6.61 Å². The number of benzene rings is 1. The van der Waals surface area contributed by atoms with Crippen LogP contribution in [0.25, 0.3) is 10.9 Å². The van der Waals surface area contributed by atoms with Crippen LogP contribution >= 0.6 is 11.5 Å². The first kappa shape index (κ1) is 16.4. The molecule has 1 saturated heterocycles. The molecule has 130 valence electrons. The Kier molecular flexibility index (Phi) is 4.87. The first-order valence-corrected chi connectivity index (χ1v) is 9.21. The normalized spacial score (nSPS) is 15.8. The second-order valence-corrected chi connectivity index (χ2v) is 6.95. The lowest BCUT2D eigenvalue weighted by Crippen LogP contribution is -2.45. The van der Waals surface area contributed by atoms with Crippen LogP contribution in [0.4, 0.5) is 5.13 Å². The van der Waals surface area contributed by atoms with Crippen LogP contribution in [0.5, 0.6) is 0 Å². The van der Waals surface area contributed by atoms with Gasteiger partial charge in [0.2, 0.25) is 5.13 Å². The zero-order chi connectivity index (χ0) is 17.1. The average molecular weight is 355 g/mol. The van der Waals surface area contributed by atoms with Gasteiger partial charge in [-0.15, -0.1) is 0 Å². The van der Waals surface area contributed by atoms with Crippen molar-refractivity contribution in [2.45, 2.75) is 13.2 Å². The molecule has 0 bridgehead atoms. The Hall–Kier alpha value is -2.09. The van der Waals surface area contributed by atoms with Gasteiger partial charge in [-0.3, -0.25) is 9.88 Å². The molecule has 7 heteroatoms. The lowest BCUT2D eigenvalue weighted by Gasteiger charge is -2.34. The molecule has 3 heterocycles. The molecule has 1 aliphatic rings. The zero-order valence-electron chi connectivity index (χ0n) is 14.3. The maximum Gasteiger partial charge on any atom is 0.205 e. The van der Waals surface area contributed by atoms with Crippen molar-refractivity contribution < 1.29 is 4.74 Å². The fourth-order valence-corrected chi connectivity index (χ4v) is 3.86. The number of nitrogens with zero attached hydrogens (tertiary/aromatic N) is 5. The summed E-state index contributed by atoms with van der Waals surface area (Å²) in [5.41, 5.74) is 2.39. The van der Waals surface area contributed by atoms with Crippen molar-refractivity contribution in [2.75, 3.05) is 38.2 Å². The number of anilines is 1. The Labute approximate surface area is 151 Å². The fourth-order valence-electron chi connectivity index (χ4n) is 3.14. The predicted molar refractivity (Wildman–Crippen MR) is 99.9 cm³/mol. The second kappa shape index (κ2) is 7.43. The van der Waals surface area contributed by atoms with E-state index in [1.807, 2.05) is 12.3 Å². The van der Waals surface area contributed by atoms with Gasteiger partial charge in [-0.2, -0.15) is 4.37 Å². The van der Waals surface area contributed by atoms with Crippen LogP contribution in [0.2, 0.25) is 0 Å². The predicted octanol–water partition coefficient (Wildman–Crippen LogP) is 2.55. The van der Waals surface area contributed by atoms with Gasteiger partial charge in [0.05, 0.1) is 5.52 Å². The molecular formula is C18H21N5OS. The summed E-state index contributed by atoms with van der Waals surface area (Å²) in [5, 5.41) is 2.21. The first-order valence-electron chi connectivity index (χ1n) is 8.44. The van der Waals surface area contributed by atoms with Crippen LogP contribution < -0.4 is 4.90 Å².